The number of pyridine rings is 1. The van der Waals surface area contributed by atoms with Crippen molar-refractivity contribution in [1.82, 2.24) is 19.9 Å². The molecule has 0 aliphatic carbocycles. The van der Waals surface area contributed by atoms with Gasteiger partial charge < -0.3 is 14.3 Å². The molecule has 0 N–H and O–H groups in total. The zero-order valence-corrected chi connectivity index (χ0v) is 15.2. The van der Waals surface area contributed by atoms with Gasteiger partial charge in [0.1, 0.15) is 5.15 Å². The second-order valence-corrected chi connectivity index (χ2v) is 6.68. The zero-order valence-electron chi connectivity index (χ0n) is 12.8. The molecule has 0 unspecified atom stereocenters. The third-order valence-electron chi connectivity index (χ3n) is 3.73. The van der Waals surface area contributed by atoms with Crippen molar-refractivity contribution in [3.8, 4) is 0 Å². The Morgan fingerprint density at radius 1 is 1.17 bits per heavy atom. The lowest BCUT2D eigenvalue weighted by molar-refractivity contribution is 0.0512. The molecule has 3 rings (SSSR count). The van der Waals surface area contributed by atoms with Gasteiger partial charge in [0.05, 0.1) is 11.3 Å². The summed E-state index contributed by atoms with van der Waals surface area (Å²) >= 11 is 9.29. The van der Waals surface area contributed by atoms with E-state index in [0.29, 0.717) is 41.9 Å². The zero-order chi connectivity index (χ0) is 17.3. The Kier molecular flexibility index (Phi) is 4.86. The first-order chi connectivity index (χ1) is 11.5. The van der Waals surface area contributed by atoms with Crippen molar-refractivity contribution >= 4 is 39.3 Å². The molecule has 126 valence electrons. The van der Waals surface area contributed by atoms with E-state index < -0.39 is 0 Å². The first kappa shape index (κ1) is 16.9. The topological polar surface area (TPSA) is 79.5 Å². The molecule has 1 fully saturated rings. The Labute approximate surface area is 151 Å². The SMILES string of the molecule is Cc1cc(C(=O)N2CCN(C(=O)c3cc(Br)cnc3Cl)CC2)on1. The van der Waals surface area contributed by atoms with Gasteiger partial charge >= 0.3 is 0 Å². The van der Waals surface area contributed by atoms with Crippen LogP contribution >= 0.6 is 27.5 Å². The van der Waals surface area contributed by atoms with Crippen molar-refractivity contribution in [3.63, 3.8) is 0 Å². The summed E-state index contributed by atoms with van der Waals surface area (Å²) in [6, 6.07) is 3.25. The van der Waals surface area contributed by atoms with Crippen LogP contribution in [-0.2, 0) is 0 Å². The number of rotatable bonds is 2. The Balaban J connectivity index is 1.65. The van der Waals surface area contributed by atoms with Crippen LogP contribution in [0.15, 0.2) is 27.3 Å². The van der Waals surface area contributed by atoms with Crippen molar-refractivity contribution in [1.29, 1.82) is 0 Å². The Morgan fingerprint density at radius 3 is 2.38 bits per heavy atom. The van der Waals surface area contributed by atoms with Crippen molar-refractivity contribution in [2.75, 3.05) is 26.2 Å². The number of aromatic nitrogens is 2. The highest BCUT2D eigenvalue weighted by Gasteiger charge is 2.28. The van der Waals surface area contributed by atoms with Crippen LogP contribution in [0.25, 0.3) is 0 Å². The molecule has 1 saturated heterocycles. The van der Waals surface area contributed by atoms with E-state index in [2.05, 4.69) is 26.1 Å². The van der Waals surface area contributed by atoms with Crippen LogP contribution in [0.2, 0.25) is 5.15 Å². The number of hydrogen-bond acceptors (Lipinski definition) is 5. The summed E-state index contributed by atoms with van der Waals surface area (Å²) in [4.78, 5) is 32.1. The molecule has 0 aromatic carbocycles. The standard InChI is InChI=1S/C15H14BrClN4O3/c1-9-6-12(24-19-9)15(23)21-4-2-20(3-5-21)14(22)11-7-10(16)8-18-13(11)17/h6-8H,2-5H2,1H3. The van der Waals surface area contributed by atoms with Crippen LogP contribution in [0, 0.1) is 6.92 Å². The molecule has 0 atom stereocenters. The summed E-state index contributed by atoms with van der Waals surface area (Å²) in [6.45, 7) is 3.43. The molecule has 2 aromatic rings. The number of nitrogens with zero attached hydrogens (tertiary/aromatic N) is 4. The quantitative estimate of drug-likeness (QED) is 0.706. The van der Waals surface area contributed by atoms with Crippen LogP contribution in [0.4, 0.5) is 0 Å². The maximum Gasteiger partial charge on any atom is 0.292 e. The first-order valence-electron chi connectivity index (χ1n) is 7.28. The number of carbonyl (C=O) groups excluding carboxylic acids is 2. The number of carbonyl (C=O) groups is 2. The number of aryl methyl sites for hydroxylation is 1. The molecule has 0 bridgehead atoms. The molecule has 2 amide bonds. The van der Waals surface area contributed by atoms with E-state index >= 15 is 0 Å². The molecule has 1 aliphatic rings. The van der Waals surface area contributed by atoms with Crippen molar-refractivity contribution in [3.05, 3.63) is 45.0 Å². The van der Waals surface area contributed by atoms with Gasteiger partial charge in [-0.15, -0.1) is 0 Å². The molecule has 24 heavy (non-hydrogen) atoms. The lowest BCUT2D eigenvalue weighted by Gasteiger charge is -2.34. The fourth-order valence-electron chi connectivity index (χ4n) is 2.48. The van der Waals surface area contributed by atoms with E-state index in [-0.39, 0.29) is 22.7 Å². The van der Waals surface area contributed by atoms with E-state index in [4.69, 9.17) is 16.1 Å². The highest BCUT2D eigenvalue weighted by Crippen LogP contribution is 2.20. The average molecular weight is 414 g/mol. The summed E-state index contributed by atoms with van der Waals surface area (Å²) in [5.41, 5.74) is 1.00. The molecule has 0 radical (unpaired) electrons. The Morgan fingerprint density at radius 2 is 1.79 bits per heavy atom. The predicted octanol–water partition coefficient (Wildman–Crippen LogP) is 2.39. The van der Waals surface area contributed by atoms with Crippen LogP contribution in [0.5, 0.6) is 0 Å². The molecule has 2 aromatic heterocycles. The van der Waals surface area contributed by atoms with Gasteiger partial charge in [0.2, 0.25) is 5.76 Å². The number of halogens is 2. The normalized spacial score (nSPS) is 14.8. The predicted molar refractivity (Wildman–Crippen MR) is 90.0 cm³/mol. The average Bonchev–Trinajstić information content (AvgIpc) is 3.02. The summed E-state index contributed by atoms with van der Waals surface area (Å²) in [7, 11) is 0. The fraction of sp³-hybridized carbons (Fsp3) is 0.333. The van der Waals surface area contributed by atoms with Crippen molar-refractivity contribution in [2.24, 2.45) is 0 Å². The summed E-state index contributed by atoms with van der Waals surface area (Å²) < 4.78 is 5.68. The lowest BCUT2D eigenvalue weighted by Crippen LogP contribution is -2.50. The van der Waals surface area contributed by atoms with E-state index in [1.807, 2.05) is 0 Å². The molecule has 1 aliphatic heterocycles. The van der Waals surface area contributed by atoms with E-state index in [0.717, 1.165) is 0 Å². The molecule has 0 spiro atoms. The maximum atomic E-state index is 12.6. The minimum Gasteiger partial charge on any atom is -0.351 e. The molecule has 9 heteroatoms. The first-order valence-corrected chi connectivity index (χ1v) is 8.45. The summed E-state index contributed by atoms with van der Waals surface area (Å²) in [5.74, 6) is -0.201. The number of hydrogen-bond donors (Lipinski definition) is 0. The third-order valence-corrected chi connectivity index (χ3v) is 4.46. The van der Waals surface area contributed by atoms with Crippen LogP contribution in [0.3, 0.4) is 0 Å². The van der Waals surface area contributed by atoms with Gasteiger partial charge in [0.15, 0.2) is 0 Å². The van der Waals surface area contributed by atoms with E-state index in [1.54, 1.807) is 28.9 Å². The van der Waals surface area contributed by atoms with Gasteiger partial charge in [-0.3, -0.25) is 9.59 Å². The second-order valence-electron chi connectivity index (χ2n) is 5.41. The number of piperazine rings is 1. The monoisotopic (exact) mass is 412 g/mol. The second kappa shape index (κ2) is 6.90. The Bertz CT molecular complexity index is 787. The molecular weight excluding hydrogens is 400 g/mol. The largest absolute Gasteiger partial charge is 0.351 e. The van der Waals surface area contributed by atoms with E-state index in [1.165, 1.54) is 6.20 Å². The van der Waals surface area contributed by atoms with E-state index in [9.17, 15) is 9.59 Å². The van der Waals surface area contributed by atoms with Gasteiger partial charge in [-0.1, -0.05) is 16.8 Å². The highest BCUT2D eigenvalue weighted by molar-refractivity contribution is 9.10. The van der Waals surface area contributed by atoms with Gasteiger partial charge in [0, 0.05) is 42.9 Å². The minimum atomic E-state index is -0.218. The van der Waals surface area contributed by atoms with Crippen LogP contribution < -0.4 is 0 Å². The van der Waals surface area contributed by atoms with Gasteiger partial charge in [-0.05, 0) is 28.9 Å². The molecular formula is C15H14BrClN4O3. The highest BCUT2D eigenvalue weighted by atomic mass is 79.9. The maximum absolute atomic E-state index is 12.6. The van der Waals surface area contributed by atoms with Gasteiger partial charge in [-0.25, -0.2) is 4.98 Å². The smallest absolute Gasteiger partial charge is 0.292 e. The van der Waals surface area contributed by atoms with Crippen molar-refractivity contribution in [2.45, 2.75) is 6.92 Å². The fourth-order valence-corrected chi connectivity index (χ4v) is 2.99. The third kappa shape index (κ3) is 3.44. The van der Waals surface area contributed by atoms with Crippen LogP contribution in [-0.4, -0.2) is 57.9 Å². The summed E-state index contributed by atoms with van der Waals surface area (Å²) in [5, 5.41) is 3.89. The number of amides is 2. The molecule has 3 heterocycles. The summed E-state index contributed by atoms with van der Waals surface area (Å²) in [6.07, 6.45) is 1.54. The lowest BCUT2D eigenvalue weighted by atomic mass is 10.2. The van der Waals surface area contributed by atoms with Gasteiger partial charge in [-0.2, -0.15) is 0 Å². The van der Waals surface area contributed by atoms with Crippen molar-refractivity contribution < 1.29 is 14.1 Å². The van der Waals surface area contributed by atoms with Gasteiger partial charge in [0.25, 0.3) is 11.8 Å². The molecule has 7 nitrogen and oxygen atoms in total. The molecule has 0 saturated carbocycles. The Hall–Kier alpha value is -1.93. The van der Waals surface area contributed by atoms with Crippen LogP contribution in [0.1, 0.15) is 26.6 Å². The minimum absolute atomic E-state index is 0.166.